The number of hydrogen-bond acceptors (Lipinski definition) is 2. The Morgan fingerprint density at radius 1 is 1.39 bits per heavy atom. The van der Waals surface area contributed by atoms with Gasteiger partial charge in [-0.3, -0.25) is 0 Å². The molecule has 0 fully saturated rings. The zero-order valence-electron chi connectivity index (χ0n) is 11.9. The van der Waals surface area contributed by atoms with E-state index in [1.165, 1.54) is 22.4 Å². The van der Waals surface area contributed by atoms with Crippen LogP contribution in [0.3, 0.4) is 0 Å². The average molecular weight is 246 g/mol. The maximum atomic E-state index is 5.69. The Labute approximate surface area is 111 Å². The first kappa shape index (κ1) is 14.8. The van der Waals surface area contributed by atoms with Crippen molar-refractivity contribution in [1.29, 1.82) is 0 Å². The highest BCUT2D eigenvalue weighted by molar-refractivity contribution is 5.76. The normalized spacial score (nSPS) is 12.2. The highest BCUT2D eigenvalue weighted by Crippen LogP contribution is 2.32. The van der Waals surface area contributed by atoms with E-state index in [0.29, 0.717) is 5.92 Å². The molecule has 2 nitrogen and oxygen atoms in total. The third-order valence-corrected chi connectivity index (χ3v) is 3.39. The van der Waals surface area contributed by atoms with Gasteiger partial charge in [0.25, 0.3) is 0 Å². The maximum Gasteiger partial charge on any atom is 0.0416 e. The Bertz CT molecular complexity index is 396. The molecule has 1 unspecified atom stereocenters. The van der Waals surface area contributed by atoms with Crippen LogP contribution in [0.5, 0.6) is 0 Å². The molecule has 0 heterocycles. The molecular formula is C16H26N2. The minimum absolute atomic E-state index is 0.481. The summed E-state index contributed by atoms with van der Waals surface area (Å²) in [4.78, 5) is 0. The van der Waals surface area contributed by atoms with Crippen molar-refractivity contribution < 1.29 is 0 Å². The lowest BCUT2D eigenvalue weighted by atomic mass is 9.87. The van der Waals surface area contributed by atoms with Crippen LogP contribution in [0.15, 0.2) is 24.8 Å². The van der Waals surface area contributed by atoms with Crippen molar-refractivity contribution in [2.45, 2.75) is 33.6 Å². The average Bonchev–Trinajstić information content (AvgIpc) is 2.37. The van der Waals surface area contributed by atoms with Crippen LogP contribution in [0.2, 0.25) is 0 Å². The molecule has 0 aromatic heterocycles. The number of nitrogens with one attached hydrogen (secondary N) is 1. The first-order chi connectivity index (χ1) is 8.63. The first-order valence-electron chi connectivity index (χ1n) is 6.87. The van der Waals surface area contributed by atoms with Crippen molar-refractivity contribution in [1.82, 2.24) is 0 Å². The zero-order chi connectivity index (χ0) is 13.5. The molecule has 0 aliphatic rings. The molecule has 18 heavy (non-hydrogen) atoms. The molecule has 0 aliphatic carbocycles. The molecule has 1 rings (SSSR count). The molecule has 100 valence electrons. The van der Waals surface area contributed by atoms with E-state index in [1.54, 1.807) is 0 Å². The second-order valence-corrected chi connectivity index (χ2v) is 4.79. The highest BCUT2D eigenvalue weighted by Gasteiger charge is 2.14. The number of aryl methyl sites for hydroxylation is 1. The van der Waals surface area contributed by atoms with Crippen molar-refractivity contribution in [3.63, 3.8) is 0 Å². The van der Waals surface area contributed by atoms with Crippen molar-refractivity contribution in [3.8, 4) is 0 Å². The van der Waals surface area contributed by atoms with Crippen molar-refractivity contribution in [2.75, 3.05) is 18.4 Å². The molecule has 0 amide bonds. The SMILES string of the molecule is C=C(c1cc(C)ccc1NCC)C(CC)CCN. The Kier molecular flexibility index (Phi) is 5.93. The van der Waals surface area contributed by atoms with Gasteiger partial charge in [0.05, 0.1) is 0 Å². The van der Waals surface area contributed by atoms with E-state index in [9.17, 15) is 0 Å². The summed E-state index contributed by atoms with van der Waals surface area (Å²) in [6.45, 7) is 12.4. The van der Waals surface area contributed by atoms with E-state index in [2.05, 4.69) is 50.9 Å². The van der Waals surface area contributed by atoms with Gasteiger partial charge >= 0.3 is 0 Å². The van der Waals surface area contributed by atoms with E-state index >= 15 is 0 Å². The summed E-state index contributed by atoms with van der Waals surface area (Å²) in [5.74, 6) is 0.481. The molecule has 2 heteroatoms. The molecule has 1 aromatic carbocycles. The van der Waals surface area contributed by atoms with Gasteiger partial charge in [-0.2, -0.15) is 0 Å². The van der Waals surface area contributed by atoms with Crippen LogP contribution in [0.25, 0.3) is 5.57 Å². The van der Waals surface area contributed by atoms with Gasteiger partial charge in [0.15, 0.2) is 0 Å². The van der Waals surface area contributed by atoms with E-state index in [-0.39, 0.29) is 0 Å². The van der Waals surface area contributed by atoms with Gasteiger partial charge in [-0.15, -0.1) is 0 Å². The van der Waals surface area contributed by atoms with Gasteiger partial charge in [0.2, 0.25) is 0 Å². The quantitative estimate of drug-likeness (QED) is 0.767. The van der Waals surface area contributed by atoms with Crippen LogP contribution in [-0.4, -0.2) is 13.1 Å². The van der Waals surface area contributed by atoms with E-state index in [0.717, 1.165) is 25.9 Å². The summed E-state index contributed by atoms with van der Waals surface area (Å²) in [5.41, 5.74) is 10.6. The van der Waals surface area contributed by atoms with Gasteiger partial charge < -0.3 is 11.1 Å². The van der Waals surface area contributed by atoms with Crippen LogP contribution < -0.4 is 11.1 Å². The molecular weight excluding hydrogens is 220 g/mol. The largest absolute Gasteiger partial charge is 0.385 e. The second-order valence-electron chi connectivity index (χ2n) is 4.79. The third-order valence-electron chi connectivity index (χ3n) is 3.39. The Balaban J connectivity index is 3.05. The molecule has 0 spiro atoms. The lowest BCUT2D eigenvalue weighted by molar-refractivity contribution is 0.598. The van der Waals surface area contributed by atoms with Crippen LogP contribution in [0.1, 0.15) is 37.8 Å². The molecule has 1 atom stereocenters. The van der Waals surface area contributed by atoms with Gasteiger partial charge in [0.1, 0.15) is 0 Å². The summed E-state index contributed by atoms with van der Waals surface area (Å²) in [7, 11) is 0. The van der Waals surface area contributed by atoms with E-state index in [1.807, 2.05) is 0 Å². The zero-order valence-corrected chi connectivity index (χ0v) is 11.9. The fourth-order valence-corrected chi connectivity index (χ4v) is 2.31. The Morgan fingerprint density at radius 3 is 2.67 bits per heavy atom. The summed E-state index contributed by atoms with van der Waals surface area (Å²) < 4.78 is 0. The van der Waals surface area contributed by atoms with Gasteiger partial charge in [0, 0.05) is 17.8 Å². The summed E-state index contributed by atoms with van der Waals surface area (Å²) in [6.07, 6.45) is 2.10. The maximum absolute atomic E-state index is 5.69. The van der Waals surface area contributed by atoms with Crippen molar-refractivity contribution in [2.24, 2.45) is 11.7 Å². The number of benzene rings is 1. The second kappa shape index (κ2) is 7.22. The highest BCUT2D eigenvalue weighted by atomic mass is 14.9. The van der Waals surface area contributed by atoms with E-state index < -0.39 is 0 Å². The van der Waals surface area contributed by atoms with Gasteiger partial charge in [-0.05, 0) is 56.9 Å². The number of anilines is 1. The first-order valence-corrected chi connectivity index (χ1v) is 6.87. The van der Waals surface area contributed by atoms with Crippen LogP contribution in [-0.2, 0) is 0 Å². The topological polar surface area (TPSA) is 38.0 Å². The van der Waals surface area contributed by atoms with Crippen molar-refractivity contribution in [3.05, 3.63) is 35.9 Å². The van der Waals surface area contributed by atoms with Gasteiger partial charge in [-0.1, -0.05) is 25.1 Å². The molecule has 0 radical (unpaired) electrons. The lowest BCUT2D eigenvalue weighted by Crippen LogP contribution is -2.11. The van der Waals surface area contributed by atoms with Gasteiger partial charge in [-0.25, -0.2) is 0 Å². The third kappa shape index (κ3) is 3.61. The van der Waals surface area contributed by atoms with Crippen LogP contribution in [0, 0.1) is 12.8 Å². The van der Waals surface area contributed by atoms with Crippen molar-refractivity contribution >= 4 is 11.3 Å². The number of allylic oxidation sites excluding steroid dienone is 1. The fourth-order valence-electron chi connectivity index (χ4n) is 2.31. The Hall–Kier alpha value is -1.28. The number of rotatable bonds is 7. The molecule has 3 N–H and O–H groups in total. The minimum atomic E-state index is 0.481. The standard InChI is InChI=1S/C16H26N2/c1-5-14(9-10-17)13(4)15-11-12(3)7-8-16(15)18-6-2/h7-8,11,14,18H,4-6,9-10,17H2,1-3H3. The predicted octanol–water partition coefficient (Wildman–Crippen LogP) is 3.82. The molecule has 0 saturated heterocycles. The smallest absolute Gasteiger partial charge is 0.0416 e. The lowest BCUT2D eigenvalue weighted by Gasteiger charge is -2.21. The summed E-state index contributed by atoms with van der Waals surface area (Å²) in [6, 6.07) is 6.51. The molecule has 0 saturated carbocycles. The fraction of sp³-hybridized carbons (Fsp3) is 0.500. The molecule has 0 bridgehead atoms. The number of nitrogens with two attached hydrogens (primary N) is 1. The molecule has 1 aromatic rings. The minimum Gasteiger partial charge on any atom is -0.385 e. The van der Waals surface area contributed by atoms with Crippen LogP contribution >= 0.6 is 0 Å². The monoisotopic (exact) mass is 246 g/mol. The Morgan fingerprint density at radius 2 is 2.11 bits per heavy atom. The number of hydrogen-bond donors (Lipinski definition) is 2. The molecule has 0 aliphatic heterocycles. The summed E-state index contributed by atoms with van der Waals surface area (Å²) in [5, 5.41) is 3.41. The summed E-state index contributed by atoms with van der Waals surface area (Å²) >= 11 is 0. The predicted molar refractivity (Wildman–Crippen MR) is 81.8 cm³/mol. The van der Waals surface area contributed by atoms with Crippen LogP contribution in [0.4, 0.5) is 5.69 Å². The van der Waals surface area contributed by atoms with E-state index in [4.69, 9.17) is 5.73 Å².